The van der Waals surface area contributed by atoms with Crippen molar-refractivity contribution in [2.75, 3.05) is 11.9 Å². The van der Waals surface area contributed by atoms with Gasteiger partial charge in [0.25, 0.3) is 5.91 Å². The number of nitrogens with one attached hydrogen (secondary N) is 3. The highest BCUT2D eigenvalue weighted by Crippen LogP contribution is 2.38. The molecular formula is C18H24FN3O3. The summed E-state index contributed by atoms with van der Waals surface area (Å²) < 4.78 is 13.6. The average molecular weight is 349 g/mol. The fourth-order valence-corrected chi connectivity index (χ4v) is 2.47. The van der Waals surface area contributed by atoms with Crippen molar-refractivity contribution in [2.24, 2.45) is 11.8 Å². The minimum atomic E-state index is -0.769. The van der Waals surface area contributed by atoms with Crippen molar-refractivity contribution in [1.29, 1.82) is 0 Å². The second kappa shape index (κ2) is 8.09. The van der Waals surface area contributed by atoms with E-state index in [2.05, 4.69) is 16.0 Å². The normalized spacial score (nSPS) is 19.7. The standard InChI is InChI=1S/C18H24FN3O3/c1-4-7-20-16(23)11(3)21-18(25)14-9-12(19)5-6-15(14)22-17(24)13-8-10(13)2/h5-6,9-11,13H,4,7-8H2,1-3H3,(H,20,23)(H,21,25)(H,22,24)/t10-,11-,13+/m0/s1. The molecule has 1 saturated carbocycles. The highest BCUT2D eigenvalue weighted by molar-refractivity contribution is 6.05. The maximum absolute atomic E-state index is 13.6. The van der Waals surface area contributed by atoms with E-state index in [4.69, 9.17) is 0 Å². The molecule has 0 spiro atoms. The SMILES string of the molecule is CCCNC(=O)[C@H](C)NC(=O)c1cc(F)ccc1NC(=O)[C@@H]1C[C@@H]1C. The van der Waals surface area contributed by atoms with Gasteiger partial charge >= 0.3 is 0 Å². The smallest absolute Gasteiger partial charge is 0.254 e. The van der Waals surface area contributed by atoms with Crippen LogP contribution in [0, 0.1) is 17.7 Å². The van der Waals surface area contributed by atoms with Crippen molar-refractivity contribution in [3.63, 3.8) is 0 Å². The zero-order chi connectivity index (χ0) is 18.6. The molecule has 1 aliphatic rings. The van der Waals surface area contributed by atoms with Crippen LogP contribution in [-0.4, -0.2) is 30.3 Å². The minimum absolute atomic E-state index is 0.00297. The number of hydrogen-bond acceptors (Lipinski definition) is 3. The minimum Gasteiger partial charge on any atom is -0.354 e. The Kier molecular flexibility index (Phi) is 6.12. The lowest BCUT2D eigenvalue weighted by molar-refractivity contribution is -0.122. The van der Waals surface area contributed by atoms with Crippen molar-refractivity contribution >= 4 is 23.4 Å². The van der Waals surface area contributed by atoms with Crippen molar-refractivity contribution in [2.45, 2.75) is 39.7 Å². The molecule has 0 unspecified atom stereocenters. The Morgan fingerprint density at radius 2 is 2.00 bits per heavy atom. The van der Waals surface area contributed by atoms with Gasteiger partial charge in [0.15, 0.2) is 0 Å². The van der Waals surface area contributed by atoms with Crippen LogP contribution < -0.4 is 16.0 Å². The predicted octanol–water partition coefficient (Wildman–Crippen LogP) is 2.06. The van der Waals surface area contributed by atoms with Gasteiger partial charge in [0.1, 0.15) is 11.9 Å². The van der Waals surface area contributed by atoms with Crippen LogP contribution in [0.15, 0.2) is 18.2 Å². The van der Waals surface area contributed by atoms with E-state index in [0.717, 1.165) is 18.9 Å². The summed E-state index contributed by atoms with van der Waals surface area (Å²) >= 11 is 0. The quantitative estimate of drug-likeness (QED) is 0.704. The topological polar surface area (TPSA) is 87.3 Å². The van der Waals surface area contributed by atoms with Crippen LogP contribution in [0.4, 0.5) is 10.1 Å². The van der Waals surface area contributed by atoms with Gasteiger partial charge in [0, 0.05) is 12.5 Å². The highest BCUT2D eigenvalue weighted by atomic mass is 19.1. The first-order chi connectivity index (χ1) is 11.8. The molecule has 2 rings (SSSR count). The molecule has 0 heterocycles. The summed E-state index contributed by atoms with van der Waals surface area (Å²) in [6.45, 7) is 5.96. The largest absolute Gasteiger partial charge is 0.354 e. The van der Waals surface area contributed by atoms with E-state index in [9.17, 15) is 18.8 Å². The van der Waals surface area contributed by atoms with Crippen molar-refractivity contribution in [3.8, 4) is 0 Å². The fourth-order valence-electron chi connectivity index (χ4n) is 2.47. The van der Waals surface area contributed by atoms with E-state index in [1.807, 2.05) is 13.8 Å². The summed E-state index contributed by atoms with van der Waals surface area (Å²) in [5, 5.41) is 7.89. The van der Waals surface area contributed by atoms with Crippen LogP contribution >= 0.6 is 0 Å². The van der Waals surface area contributed by atoms with E-state index in [-0.39, 0.29) is 29.0 Å². The molecule has 136 valence electrons. The monoisotopic (exact) mass is 349 g/mol. The number of hydrogen-bond donors (Lipinski definition) is 3. The molecule has 0 aliphatic heterocycles. The number of carbonyl (C=O) groups excluding carboxylic acids is 3. The summed E-state index contributed by atoms with van der Waals surface area (Å²) in [6, 6.07) is 2.82. The van der Waals surface area contributed by atoms with Crippen LogP contribution in [0.5, 0.6) is 0 Å². The van der Waals surface area contributed by atoms with Gasteiger partial charge in [-0.1, -0.05) is 13.8 Å². The van der Waals surface area contributed by atoms with E-state index >= 15 is 0 Å². The second-order valence-electron chi connectivity index (χ2n) is 6.48. The number of halogens is 1. The molecule has 0 radical (unpaired) electrons. The van der Waals surface area contributed by atoms with Gasteiger partial charge in [-0.3, -0.25) is 14.4 Å². The van der Waals surface area contributed by atoms with Crippen LogP contribution in [0.25, 0.3) is 0 Å². The average Bonchev–Trinajstić information content (AvgIpc) is 3.30. The molecule has 0 bridgehead atoms. The van der Waals surface area contributed by atoms with E-state index in [1.54, 1.807) is 6.92 Å². The molecule has 1 fully saturated rings. The van der Waals surface area contributed by atoms with Crippen molar-refractivity contribution < 1.29 is 18.8 Å². The first kappa shape index (κ1) is 18.9. The number of rotatable bonds is 7. The van der Waals surface area contributed by atoms with Gasteiger partial charge in [-0.15, -0.1) is 0 Å². The molecule has 6 nitrogen and oxygen atoms in total. The summed E-state index contributed by atoms with van der Waals surface area (Å²) in [6.07, 6.45) is 1.59. The molecule has 1 aromatic rings. The highest BCUT2D eigenvalue weighted by Gasteiger charge is 2.39. The molecule has 25 heavy (non-hydrogen) atoms. The number of amides is 3. The van der Waals surface area contributed by atoms with E-state index in [0.29, 0.717) is 12.5 Å². The lowest BCUT2D eigenvalue weighted by Gasteiger charge is -2.16. The van der Waals surface area contributed by atoms with Crippen LogP contribution in [-0.2, 0) is 9.59 Å². The summed E-state index contributed by atoms with van der Waals surface area (Å²) in [7, 11) is 0. The lowest BCUT2D eigenvalue weighted by Crippen LogP contribution is -2.45. The maximum atomic E-state index is 13.6. The lowest BCUT2D eigenvalue weighted by atomic mass is 10.1. The Hall–Kier alpha value is -2.44. The molecule has 3 N–H and O–H groups in total. The van der Waals surface area contributed by atoms with Crippen molar-refractivity contribution in [1.82, 2.24) is 10.6 Å². The summed E-state index contributed by atoms with van der Waals surface area (Å²) in [5.41, 5.74) is 0.237. The van der Waals surface area contributed by atoms with Crippen molar-refractivity contribution in [3.05, 3.63) is 29.6 Å². The van der Waals surface area contributed by atoms with Gasteiger partial charge in [-0.2, -0.15) is 0 Å². The number of carbonyl (C=O) groups is 3. The maximum Gasteiger partial charge on any atom is 0.254 e. The fraction of sp³-hybridized carbons (Fsp3) is 0.500. The zero-order valence-corrected chi connectivity index (χ0v) is 14.7. The van der Waals surface area contributed by atoms with Gasteiger partial charge < -0.3 is 16.0 Å². The second-order valence-corrected chi connectivity index (χ2v) is 6.48. The third-order valence-electron chi connectivity index (χ3n) is 4.22. The summed E-state index contributed by atoms with van der Waals surface area (Å²) in [5.74, 6) is -1.45. The summed E-state index contributed by atoms with van der Waals surface area (Å²) in [4.78, 5) is 36.4. The van der Waals surface area contributed by atoms with Gasteiger partial charge in [0.2, 0.25) is 11.8 Å². The Labute approximate surface area is 146 Å². The van der Waals surface area contributed by atoms with Crippen LogP contribution in [0.1, 0.15) is 44.0 Å². The third kappa shape index (κ3) is 5.01. The Bertz CT molecular complexity index is 678. The molecular weight excluding hydrogens is 325 g/mol. The molecule has 3 atom stereocenters. The molecule has 3 amide bonds. The number of anilines is 1. The molecule has 0 aromatic heterocycles. The third-order valence-corrected chi connectivity index (χ3v) is 4.22. The first-order valence-electron chi connectivity index (χ1n) is 8.52. The number of benzene rings is 1. The predicted molar refractivity (Wildman–Crippen MR) is 92.5 cm³/mol. The van der Waals surface area contributed by atoms with Gasteiger partial charge in [-0.25, -0.2) is 4.39 Å². The van der Waals surface area contributed by atoms with Gasteiger partial charge in [0.05, 0.1) is 11.3 Å². The first-order valence-corrected chi connectivity index (χ1v) is 8.52. The van der Waals surface area contributed by atoms with E-state index < -0.39 is 17.8 Å². The van der Waals surface area contributed by atoms with Gasteiger partial charge in [-0.05, 0) is 43.9 Å². The van der Waals surface area contributed by atoms with E-state index in [1.165, 1.54) is 12.1 Å². The molecule has 1 aromatic carbocycles. The van der Waals surface area contributed by atoms with Crippen LogP contribution in [0.3, 0.4) is 0 Å². The molecule has 7 heteroatoms. The zero-order valence-electron chi connectivity index (χ0n) is 14.7. The Morgan fingerprint density at radius 1 is 1.32 bits per heavy atom. The molecule has 1 aliphatic carbocycles. The Balaban J connectivity index is 2.08. The van der Waals surface area contributed by atoms with Crippen LogP contribution in [0.2, 0.25) is 0 Å². The molecule has 0 saturated heterocycles. The Morgan fingerprint density at radius 3 is 2.60 bits per heavy atom.